The summed E-state index contributed by atoms with van der Waals surface area (Å²) in [5.74, 6) is 1.47. The summed E-state index contributed by atoms with van der Waals surface area (Å²) in [6.45, 7) is 4.15. The second-order valence-electron chi connectivity index (χ2n) is 5.62. The molecule has 0 saturated heterocycles. The van der Waals surface area contributed by atoms with Crippen LogP contribution < -0.4 is 9.47 Å². The van der Waals surface area contributed by atoms with Crippen LogP contribution in [0.1, 0.15) is 40.9 Å². The summed E-state index contributed by atoms with van der Waals surface area (Å²) in [4.78, 5) is 0. The summed E-state index contributed by atoms with van der Waals surface area (Å²) < 4.78 is 11.3. The molecule has 110 valence electrons. The summed E-state index contributed by atoms with van der Waals surface area (Å²) in [5, 5.41) is 10.4. The van der Waals surface area contributed by atoms with Gasteiger partial charge < -0.3 is 14.6 Å². The Kier molecular flexibility index (Phi) is 3.60. The van der Waals surface area contributed by atoms with Gasteiger partial charge in [0.05, 0.1) is 13.2 Å². The van der Waals surface area contributed by atoms with Crippen LogP contribution in [-0.4, -0.2) is 12.2 Å². The van der Waals surface area contributed by atoms with E-state index in [4.69, 9.17) is 9.47 Å². The van der Waals surface area contributed by atoms with Crippen LogP contribution in [0.15, 0.2) is 36.4 Å². The van der Waals surface area contributed by atoms with E-state index < -0.39 is 6.10 Å². The van der Waals surface area contributed by atoms with E-state index in [1.54, 1.807) is 7.11 Å². The third-order valence-corrected chi connectivity index (χ3v) is 4.06. The first-order valence-corrected chi connectivity index (χ1v) is 7.18. The molecule has 1 aliphatic rings. The molecule has 3 nitrogen and oxygen atoms in total. The highest BCUT2D eigenvalue weighted by Gasteiger charge is 2.29. The van der Waals surface area contributed by atoms with Gasteiger partial charge in [0, 0.05) is 12.0 Å². The molecule has 2 aromatic rings. The van der Waals surface area contributed by atoms with Gasteiger partial charge in [0.1, 0.15) is 17.6 Å². The van der Waals surface area contributed by atoms with Crippen LogP contribution in [0.25, 0.3) is 0 Å². The molecule has 1 N–H and O–H groups in total. The molecule has 0 spiro atoms. The van der Waals surface area contributed by atoms with Crippen molar-refractivity contribution in [2.45, 2.75) is 32.5 Å². The van der Waals surface area contributed by atoms with E-state index in [1.807, 2.05) is 18.2 Å². The smallest absolute Gasteiger partial charge is 0.127 e. The molecule has 0 fully saturated rings. The van der Waals surface area contributed by atoms with E-state index in [0.29, 0.717) is 6.42 Å². The average Bonchev–Trinajstić information content (AvgIpc) is 2.49. The lowest BCUT2D eigenvalue weighted by Gasteiger charge is -2.31. The topological polar surface area (TPSA) is 38.7 Å². The molecule has 3 heteroatoms. The zero-order valence-corrected chi connectivity index (χ0v) is 12.6. The molecular weight excluding hydrogens is 264 g/mol. The first-order chi connectivity index (χ1) is 10.1. The third-order valence-electron chi connectivity index (χ3n) is 4.06. The average molecular weight is 284 g/mol. The summed E-state index contributed by atoms with van der Waals surface area (Å²) >= 11 is 0. The van der Waals surface area contributed by atoms with Crippen LogP contribution >= 0.6 is 0 Å². The Morgan fingerprint density at radius 1 is 1.10 bits per heavy atom. The number of hydrogen-bond acceptors (Lipinski definition) is 3. The minimum Gasteiger partial charge on any atom is -0.497 e. The van der Waals surface area contributed by atoms with E-state index in [2.05, 4.69) is 32.0 Å². The minimum atomic E-state index is -0.534. The van der Waals surface area contributed by atoms with Crippen LogP contribution in [0.4, 0.5) is 0 Å². The van der Waals surface area contributed by atoms with Crippen molar-refractivity contribution < 1.29 is 14.6 Å². The maximum Gasteiger partial charge on any atom is 0.127 e. The summed E-state index contributed by atoms with van der Waals surface area (Å²) in [6.07, 6.45) is -0.0839. The lowest BCUT2D eigenvalue weighted by atomic mass is 9.92. The van der Waals surface area contributed by atoms with Crippen molar-refractivity contribution in [1.29, 1.82) is 0 Å². The molecule has 3 rings (SSSR count). The zero-order chi connectivity index (χ0) is 15.0. The Morgan fingerprint density at radius 3 is 2.67 bits per heavy atom. The Bertz CT molecular complexity index is 664. The highest BCUT2D eigenvalue weighted by atomic mass is 16.5. The van der Waals surface area contributed by atoms with E-state index in [0.717, 1.165) is 22.6 Å². The number of aryl methyl sites for hydroxylation is 2. The van der Waals surface area contributed by atoms with Crippen LogP contribution in [0, 0.1) is 13.8 Å². The molecule has 2 atom stereocenters. The van der Waals surface area contributed by atoms with Crippen molar-refractivity contribution in [2.24, 2.45) is 0 Å². The van der Waals surface area contributed by atoms with Gasteiger partial charge in [0.15, 0.2) is 0 Å². The number of ether oxygens (including phenoxy) is 2. The number of benzene rings is 2. The number of hydrogen-bond donors (Lipinski definition) is 1. The Hall–Kier alpha value is -2.00. The quantitative estimate of drug-likeness (QED) is 0.910. The van der Waals surface area contributed by atoms with Gasteiger partial charge in [-0.25, -0.2) is 0 Å². The second kappa shape index (κ2) is 5.41. The normalized spacial score (nSPS) is 20.6. The van der Waals surface area contributed by atoms with Crippen molar-refractivity contribution in [2.75, 3.05) is 7.11 Å². The zero-order valence-electron chi connectivity index (χ0n) is 12.6. The molecule has 0 bridgehead atoms. The minimum absolute atomic E-state index is 0.110. The maximum atomic E-state index is 10.4. The highest BCUT2D eigenvalue weighted by molar-refractivity contribution is 5.44. The van der Waals surface area contributed by atoms with Gasteiger partial charge in [0.2, 0.25) is 0 Å². The molecule has 0 aromatic heterocycles. The van der Waals surface area contributed by atoms with Crippen LogP contribution in [0.3, 0.4) is 0 Å². The largest absolute Gasteiger partial charge is 0.497 e. The van der Waals surface area contributed by atoms with Crippen LogP contribution in [0.5, 0.6) is 11.5 Å². The fourth-order valence-corrected chi connectivity index (χ4v) is 2.85. The van der Waals surface area contributed by atoms with Gasteiger partial charge in [-0.1, -0.05) is 23.8 Å². The van der Waals surface area contributed by atoms with Crippen molar-refractivity contribution in [3.63, 3.8) is 0 Å². The molecule has 21 heavy (non-hydrogen) atoms. The number of rotatable bonds is 2. The van der Waals surface area contributed by atoms with E-state index in [-0.39, 0.29) is 6.10 Å². The Balaban J connectivity index is 1.96. The second-order valence-corrected chi connectivity index (χ2v) is 5.62. The molecule has 0 radical (unpaired) electrons. The molecule has 2 aromatic carbocycles. The summed E-state index contributed by atoms with van der Waals surface area (Å²) in [7, 11) is 1.62. The lowest BCUT2D eigenvalue weighted by Crippen LogP contribution is -2.20. The van der Waals surface area contributed by atoms with Gasteiger partial charge in [-0.15, -0.1) is 0 Å². The number of aliphatic hydroxyl groups is 1. The molecule has 0 saturated carbocycles. The van der Waals surface area contributed by atoms with Crippen LogP contribution in [-0.2, 0) is 0 Å². The standard InChI is InChI=1S/C18H20O3/c1-11-4-5-12(2)14(8-11)18-10-16(19)15-9-13(20-3)6-7-17(15)21-18/h4-9,16,18-19H,10H2,1-3H3/t16-,18?/m0/s1. The highest BCUT2D eigenvalue weighted by Crippen LogP contribution is 2.42. The first-order valence-electron chi connectivity index (χ1n) is 7.18. The Labute approximate surface area is 125 Å². The van der Waals surface area contributed by atoms with Crippen molar-refractivity contribution in [1.82, 2.24) is 0 Å². The van der Waals surface area contributed by atoms with Gasteiger partial charge in [0.25, 0.3) is 0 Å². The van der Waals surface area contributed by atoms with Gasteiger partial charge in [-0.3, -0.25) is 0 Å². The SMILES string of the molecule is COc1ccc2c(c1)[C@@H](O)CC(c1cc(C)ccc1C)O2. The van der Waals surface area contributed by atoms with Crippen molar-refractivity contribution in [3.8, 4) is 11.5 Å². The van der Waals surface area contributed by atoms with E-state index >= 15 is 0 Å². The van der Waals surface area contributed by atoms with Crippen LogP contribution in [0.2, 0.25) is 0 Å². The molecular formula is C18H20O3. The fraction of sp³-hybridized carbons (Fsp3) is 0.333. The lowest BCUT2D eigenvalue weighted by molar-refractivity contribution is 0.0651. The summed E-state index contributed by atoms with van der Waals surface area (Å²) in [6, 6.07) is 11.9. The van der Waals surface area contributed by atoms with E-state index in [9.17, 15) is 5.11 Å². The van der Waals surface area contributed by atoms with Crippen molar-refractivity contribution in [3.05, 3.63) is 58.7 Å². The third kappa shape index (κ3) is 2.61. The van der Waals surface area contributed by atoms with Gasteiger partial charge in [-0.05, 0) is 43.2 Å². The van der Waals surface area contributed by atoms with Gasteiger partial charge >= 0.3 is 0 Å². The predicted octanol–water partition coefficient (Wildman–Crippen LogP) is 3.87. The molecule has 1 heterocycles. The number of aliphatic hydroxyl groups excluding tert-OH is 1. The Morgan fingerprint density at radius 2 is 1.90 bits per heavy atom. The summed E-state index contributed by atoms with van der Waals surface area (Å²) in [5.41, 5.74) is 4.34. The molecule has 0 amide bonds. The number of fused-ring (bicyclic) bond motifs is 1. The fourth-order valence-electron chi connectivity index (χ4n) is 2.85. The molecule has 1 aliphatic heterocycles. The molecule has 1 unspecified atom stereocenters. The monoisotopic (exact) mass is 284 g/mol. The number of methoxy groups -OCH3 is 1. The molecule has 0 aliphatic carbocycles. The van der Waals surface area contributed by atoms with Gasteiger partial charge in [-0.2, -0.15) is 0 Å². The van der Waals surface area contributed by atoms with Crippen molar-refractivity contribution >= 4 is 0 Å². The first kappa shape index (κ1) is 14.0. The predicted molar refractivity (Wildman–Crippen MR) is 81.9 cm³/mol. The maximum absolute atomic E-state index is 10.4. The van der Waals surface area contributed by atoms with E-state index in [1.165, 1.54) is 11.1 Å².